The number of likely N-dealkylation sites (tertiary alicyclic amines) is 1. The van der Waals surface area contributed by atoms with Gasteiger partial charge in [0.25, 0.3) is 0 Å². The zero-order valence-corrected chi connectivity index (χ0v) is 14.0. The van der Waals surface area contributed by atoms with E-state index in [1.54, 1.807) is 0 Å². The monoisotopic (exact) mass is 293 g/mol. The highest BCUT2D eigenvalue weighted by atomic mass is 32.1. The maximum atomic E-state index is 4.98. The predicted molar refractivity (Wildman–Crippen MR) is 85.4 cm³/mol. The Morgan fingerprint density at radius 2 is 2.20 bits per heavy atom. The van der Waals surface area contributed by atoms with E-state index in [1.165, 1.54) is 36.4 Å². The van der Waals surface area contributed by atoms with Crippen LogP contribution < -0.4 is 5.32 Å². The van der Waals surface area contributed by atoms with E-state index in [4.69, 9.17) is 4.98 Å². The molecule has 0 amide bonds. The fourth-order valence-electron chi connectivity index (χ4n) is 3.13. The number of nitrogens with zero attached hydrogens (tertiary/aromatic N) is 2. The normalized spacial score (nSPS) is 31.9. The number of piperidine rings is 1. The summed E-state index contributed by atoms with van der Waals surface area (Å²) in [7, 11) is 2.24. The quantitative estimate of drug-likeness (QED) is 0.923. The highest BCUT2D eigenvalue weighted by Crippen LogP contribution is 2.40. The highest BCUT2D eigenvalue weighted by molar-refractivity contribution is 7.09. The second kappa shape index (κ2) is 5.39. The van der Waals surface area contributed by atoms with Gasteiger partial charge in [-0.25, -0.2) is 4.98 Å². The number of hydrogen-bond donors (Lipinski definition) is 1. The first-order valence-corrected chi connectivity index (χ1v) is 8.82. The molecule has 112 valence electrons. The van der Waals surface area contributed by atoms with Crippen molar-refractivity contribution in [3.05, 3.63) is 16.1 Å². The number of rotatable bonds is 4. The first-order valence-electron chi connectivity index (χ1n) is 7.94. The van der Waals surface area contributed by atoms with E-state index in [0.717, 1.165) is 12.6 Å². The second-order valence-electron chi connectivity index (χ2n) is 7.02. The molecule has 3 nitrogen and oxygen atoms in total. The summed E-state index contributed by atoms with van der Waals surface area (Å²) < 4.78 is 0. The SMILES string of the molecule is CC(C)c1csc(C2(NC3CC3)CCN(C)C(C)C2)n1. The van der Waals surface area contributed by atoms with Gasteiger partial charge in [-0.3, -0.25) is 0 Å². The summed E-state index contributed by atoms with van der Waals surface area (Å²) in [6.07, 6.45) is 5.06. The zero-order chi connectivity index (χ0) is 14.3. The molecular weight excluding hydrogens is 266 g/mol. The van der Waals surface area contributed by atoms with Crippen LogP contribution >= 0.6 is 11.3 Å². The predicted octanol–water partition coefficient (Wildman–Crippen LogP) is 3.33. The van der Waals surface area contributed by atoms with E-state index in [-0.39, 0.29) is 5.54 Å². The third-order valence-corrected chi connectivity index (χ3v) is 5.93. The van der Waals surface area contributed by atoms with E-state index in [1.807, 2.05) is 11.3 Å². The van der Waals surface area contributed by atoms with Gasteiger partial charge in [-0.15, -0.1) is 11.3 Å². The Kier molecular flexibility index (Phi) is 3.91. The van der Waals surface area contributed by atoms with Crippen molar-refractivity contribution in [3.63, 3.8) is 0 Å². The lowest BCUT2D eigenvalue weighted by atomic mass is 9.84. The molecule has 0 aromatic carbocycles. The average Bonchev–Trinajstić information content (AvgIpc) is 3.06. The van der Waals surface area contributed by atoms with Crippen LogP contribution in [0.1, 0.15) is 63.1 Å². The number of nitrogens with one attached hydrogen (secondary N) is 1. The molecule has 0 bridgehead atoms. The molecule has 4 heteroatoms. The Hall–Kier alpha value is -0.450. The van der Waals surface area contributed by atoms with Gasteiger partial charge in [-0.05, 0) is 45.6 Å². The lowest BCUT2D eigenvalue weighted by Gasteiger charge is -2.44. The molecule has 1 N–H and O–H groups in total. The third kappa shape index (κ3) is 2.78. The Bertz CT molecular complexity index is 466. The molecule has 1 aliphatic carbocycles. The molecule has 0 radical (unpaired) electrons. The van der Waals surface area contributed by atoms with Crippen molar-refractivity contribution in [1.29, 1.82) is 0 Å². The van der Waals surface area contributed by atoms with Crippen molar-refractivity contribution < 1.29 is 0 Å². The molecule has 1 aromatic heterocycles. The lowest BCUT2D eigenvalue weighted by molar-refractivity contribution is 0.104. The number of aromatic nitrogens is 1. The summed E-state index contributed by atoms with van der Waals surface area (Å²) in [5.74, 6) is 0.529. The van der Waals surface area contributed by atoms with E-state index >= 15 is 0 Å². The van der Waals surface area contributed by atoms with Crippen LogP contribution in [0.2, 0.25) is 0 Å². The van der Waals surface area contributed by atoms with Crippen LogP contribution in [0.15, 0.2) is 5.38 Å². The molecule has 20 heavy (non-hydrogen) atoms. The van der Waals surface area contributed by atoms with Crippen molar-refractivity contribution in [2.45, 2.75) is 70.0 Å². The molecule has 0 spiro atoms. The van der Waals surface area contributed by atoms with Gasteiger partial charge in [0.1, 0.15) is 5.01 Å². The van der Waals surface area contributed by atoms with Crippen LogP contribution in [0.3, 0.4) is 0 Å². The molecule has 1 saturated carbocycles. The smallest absolute Gasteiger partial charge is 0.113 e. The molecule has 2 heterocycles. The maximum Gasteiger partial charge on any atom is 0.113 e. The van der Waals surface area contributed by atoms with Gasteiger partial charge in [-0.2, -0.15) is 0 Å². The zero-order valence-electron chi connectivity index (χ0n) is 13.1. The minimum Gasteiger partial charge on any atom is -0.304 e. The largest absolute Gasteiger partial charge is 0.304 e. The van der Waals surface area contributed by atoms with E-state index in [0.29, 0.717) is 12.0 Å². The molecule has 2 atom stereocenters. The van der Waals surface area contributed by atoms with Crippen molar-refractivity contribution in [2.24, 2.45) is 0 Å². The number of hydrogen-bond acceptors (Lipinski definition) is 4. The summed E-state index contributed by atoms with van der Waals surface area (Å²) in [4.78, 5) is 7.46. The van der Waals surface area contributed by atoms with Gasteiger partial charge < -0.3 is 10.2 Å². The Labute approximate surface area is 126 Å². The van der Waals surface area contributed by atoms with Gasteiger partial charge in [-0.1, -0.05) is 13.8 Å². The van der Waals surface area contributed by atoms with Crippen LogP contribution in [0, 0.1) is 0 Å². The molecule has 1 aliphatic heterocycles. The third-order valence-electron chi connectivity index (χ3n) is 4.87. The van der Waals surface area contributed by atoms with Crippen LogP contribution in [0.4, 0.5) is 0 Å². The van der Waals surface area contributed by atoms with Crippen LogP contribution in [-0.2, 0) is 5.54 Å². The summed E-state index contributed by atoms with van der Waals surface area (Å²) in [6.45, 7) is 7.98. The summed E-state index contributed by atoms with van der Waals surface area (Å²) in [5.41, 5.74) is 1.39. The van der Waals surface area contributed by atoms with Crippen molar-refractivity contribution >= 4 is 11.3 Å². The van der Waals surface area contributed by atoms with Crippen molar-refractivity contribution in [1.82, 2.24) is 15.2 Å². The maximum absolute atomic E-state index is 4.98. The van der Waals surface area contributed by atoms with E-state index in [2.05, 4.69) is 43.4 Å². The minimum absolute atomic E-state index is 0.130. The minimum atomic E-state index is 0.130. The topological polar surface area (TPSA) is 28.2 Å². The Morgan fingerprint density at radius 1 is 1.45 bits per heavy atom. The van der Waals surface area contributed by atoms with Crippen molar-refractivity contribution in [3.8, 4) is 0 Å². The van der Waals surface area contributed by atoms with Gasteiger partial charge in [0.2, 0.25) is 0 Å². The Balaban J connectivity index is 1.88. The summed E-state index contributed by atoms with van der Waals surface area (Å²) >= 11 is 1.86. The van der Waals surface area contributed by atoms with Gasteiger partial charge in [0.05, 0.1) is 11.2 Å². The molecule has 2 unspecified atom stereocenters. The molecule has 2 aliphatic rings. The molecule has 1 saturated heterocycles. The fourth-order valence-corrected chi connectivity index (χ4v) is 4.31. The van der Waals surface area contributed by atoms with Crippen LogP contribution in [-0.4, -0.2) is 35.6 Å². The van der Waals surface area contributed by atoms with Gasteiger partial charge >= 0.3 is 0 Å². The average molecular weight is 293 g/mol. The summed E-state index contributed by atoms with van der Waals surface area (Å²) in [5, 5.41) is 7.54. The molecular formula is C16H27N3S. The molecule has 3 rings (SSSR count). The van der Waals surface area contributed by atoms with E-state index < -0.39 is 0 Å². The standard InChI is InChI=1S/C16H27N3S/c1-11(2)14-10-20-15(17-14)16(18-13-5-6-13)7-8-19(4)12(3)9-16/h10-13,18H,5-9H2,1-4H3. The second-order valence-corrected chi connectivity index (χ2v) is 7.87. The van der Waals surface area contributed by atoms with Gasteiger partial charge in [0, 0.05) is 24.0 Å². The molecule has 2 fully saturated rings. The van der Waals surface area contributed by atoms with Gasteiger partial charge in [0.15, 0.2) is 0 Å². The molecule has 1 aromatic rings. The highest BCUT2D eigenvalue weighted by Gasteiger charge is 2.43. The number of thiazole rings is 1. The Morgan fingerprint density at radius 3 is 2.75 bits per heavy atom. The summed E-state index contributed by atoms with van der Waals surface area (Å²) in [6, 6.07) is 1.36. The first kappa shape index (κ1) is 14.5. The fraction of sp³-hybridized carbons (Fsp3) is 0.812. The van der Waals surface area contributed by atoms with Crippen LogP contribution in [0.25, 0.3) is 0 Å². The first-order chi connectivity index (χ1) is 9.50. The van der Waals surface area contributed by atoms with Crippen molar-refractivity contribution in [2.75, 3.05) is 13.6 Å². The van der Waals surface area contributed by atoms with Crippen LogP contribution in [0.5, 0.6) is 0 Å². The lowest BCUT2D eigenvalue weighted by Crippen LogP contribution is -2.54. The van der Waals surface area contributed by atoms with E-state index in [9.17, 15) is 0 Å².